The van der Waals surface area contributed by atoms with Gasteiger partial charge in [-0.3, -0.25) is 4.90 Å². The van der Waals surface area contributed by atoms with Gasteiger partial charge < -0.3 is 20.7 Å². The number of rotatable bonds is 6. The van der Waals surface area contributed by atoms with E-state index in [1.54, 1.807) is 6.33 Å². The second kappa shape index (κ2) is 11.0. The third-order valence-electron chi connectivity index (χ3n) is 9.41. The molecule has 3 saturated heterocycles. The Morgan fingerprint density at radius 3 is 2.17 bits per heavy atom. The van der Waals surface area contributed by atoms with Gasteiger partial charge in [0, 0.05) is 55.9 Å². The number of nitrogen functional groups attached to an aromatic ring is 1. The molecular weight excluding hydrogens is 512 g/mol. The average molecular weight is 553 g/mol. The third-order valence-corrected chi connectivity index (χ3v) is 9.41. The highest BCUT2D eigenvalue weighted by molar-refractivity contribution is 5.98. The van der Waals surface area contributed by atoms with Gasteiger partial charge in [0.15, 0.2) is 5.65 Å². The van der Waals surface area contributed by atoms with Crippen molar-refractivity contribution in [3.05, 3.63) is 60.9 Å². The summed E-state index contributed by atoms with van der Waals surface area (Å²) in [5.41, 5.74) is 9.04. The molecular formula is C32H40N8O. The Hall–Kier alpha value is -3.53. The minimum Gasteiger partial charge on any atom is -0.457 e. The number of ether oxygens (including phenoxy) is 1. The molecule has 0 spiro atoms. The highest BCUT2D eigenvalue weighted by Crippen LogP contribution is 2.37. The summed E-state index contributed by atoms with van der Waals surface area (Å²) in [5, 5.41) is 9.40. The van der Waals surface area contributed by atoms with Crippen LogP contribution in [0.1, 0.15) is 45.6 Å². The molecule has 3 aliphatic heterocycles. The largest absolute Gasteiger partial charge is 0.457 e. The molecule has 2 unspecified atom stereocenters. The van der Waals surface area contributed by atoms with Gasteiger partial charge in [-0.1, -0.05) is 18.2 Å². The highest BCUT2D eigenvalue weighted by atomic mass is 16.5. The predicted octanol–water partition coefficient (Wildman–Crippen LogP) is 4.72. The van der Waals surface area contributed by atoms with Crippen LogP contribution in [-0.4, -0.2) is 79.9 Å². The van der Waals surface area contributed by atoms with E-state index in [0.717, 1.165) is 78.9 Å². The standard InChI is InChI=1S/C32H40N8O/c1-21-16-25(17-22(2)39(21)26-18-34-19-26)38-14-12-24(13-15-38)40-32-29(31(33)35-20-36-32)30(37-40)23-8-10-28(11-9-23)41-27-6-4-3-5-7-27/h3-11,20-22,24-26,34H,12-19H2,1-2H3,(H2,33,35,36). The number of para-hydroxylation sites is 1. The summed E-state index contributed by atoms with van der Waals surface area (Å²) in [6.45, 7) is 9.31. The number of hydrogen-bond donors (Lipinski definition) is 2. The van der Waals surface area contributed by atoms with E-state index in [0.29, 0.717) is 23.9 Å². The number of anilines is 1. The molecule has 41 heavy (non-hydrogen) atoms. The van der Waals surface area contributed by atoms with Crippen molar-refractivity contribution in [2.24, 2.45) is 0 Å². The van der Waals surface area contributed by atoms with Gasteiger partial charge in [-0.05, 0) is 75.9 Å². The number of likely N-dealkylation sites (tertiary alicyclic amines) is 2. The number of benzene rings is 2. The Morgan fingerprint density at radius 2 is 1.51 bits per heavy atom. The number of aromatic nitrogens is 4. The first kappa shape index (κ1) is 26.4. The molecule has 4 aromatic rings. The molecule has 0 aliphatic carbocycles. The highest BCUT2D eigenvalue weighted by Gasteiger charge is 2.40. The first-order valence-corrected chi connectivity index (χ1v) is 15.1. The summed E-state index contributed by atoms with van der Waals surface area (Å²) in [4.78, 5) is 14.5. The molecule has 5 heterocycles. The summed E-state index contributed by atoms with van der Waals surface area (Å²) in [6.07, 6.45) is 6.18. The summed E-state index contributed by atoms with van der Waals surface area (Å²) >= 11 is 0. The maximum Gasteiger partial charge on any atom is 0.164 e. The third kappa shape index (κ3) is 5.07. The van der Waals surface area contributed by atoms with Gasteiger partial charge in [-0.2, -0.15) is 5.10 Å². The molecule has 7 rings (SSSR count). The quantitative estimate of drug-likeness (QED) is 0.355. The van der Waals surface area contributed by atoms with Crippen LogP contribution in [0.3, 0.4) is 0 Å². The molecule has 0 radical (unpaired) electrons. The van der Waals surface area contributed by atoms with Crippen molar-refractivity contribution in [1.82, 2.24) is 34.9 Å². The zero-order chi connectivity index (χ0) is 27.9. The Labute approximate surface area is 241 Å². The van der Waals surface area contributed by atoms with Crippen molar-refractivity contribution in [2.45, 2.75) is 69.7 Å². The zero-order valence-electron chi connectivity index (χ0n) is 24.0. The van der Waals surface area contributed by atoms with E-state index in [1.807, 2.05) is 54.6 Å². The number of nitrogens with one attached hydrogen (secondary N) is 1. The molecule has 3 aliphatic rings. The zero-order valence-corrected chi connectivity index (χ0v) is 24.0. The smallest absolute Gasteiger partial charge is 0.164 e. The fourth-order valence-electron chi connectivity index (χ4n) is 7.32. The average Bonchev–Trinajstić information content (AvgIpc) is 3.36. The van der Waals surface area contributed by atoms with Crippen molar-refractivity contribution < 1.29 is 4.74 Å². The summed E-state index contributed by atoms with van der Waals surface area (Å²) in [7, 11) is 0. The molecule has 2 aromatic carbocycles. The lowest BCUT2D eigenvalue weighted by molar-refractivity contribution is -0.0162. The van der Waals surface area contributed by atoms with Crippen LogP contribution in [0, 0.1) is 0 Å². The van der Waals surface area contributed by atoms with Gasteiger partial charge in [-0.15, -0.1) is 0 Å². The monoisotopic (exact) mass is 552 g/mol. The van der Waals surface area contributed by atoms with Crippen LogP contribution >= 0.6 is 0 Å². The number of hydrogen-bond acceptors (Lipinski definition) is 8. The lowest BCUT2D eigenvalue weighted by atomic mass is 9.87. The first-order valence-electron chi connectivity index (χ1n) is 15.1. The van der Waals surface area contributed by atoms with Gasteiger partial charge >= 0.3 is 0 Å². The van der Waals surface area contributed by atoms with Gasteiger partial charge in [0.2, 0.25) is 0 Å². The SMILES string of the molecule is CC1CC(N2CCC(n3nc(-c4ccc(Oc5ccccc5)cc4)c4c(N)ncnc43)CC2)CC(C)N1C1CNC1. The number of nitrogens with two attached hydrogens (primary N) is 1. The minimum atomic E-state index is 0.286. The topological polar surface area (TPSA) is 97.4 Å². The normalized spacial score (nSPS) is 24.9. The van der Waals surface area contributed by atoms with Crippen LogP contribution in [0.5, 0.6) is 11.5 Å². The van der Waals surface area contributed by atoms with Crippen molar-refractivity contribution in [3.63, 3.8) is 0 Å². The number of fused-ring (bicyclic) bond motifs is 1. The molecule has 214 valence electrons. The Balaban J connectivity index is 1.08. The van der Waals surface area contributed by atoms with Crippen LogP contribution in [0.2, 0.25) is 0 Å². The van der Waals surface area contributed by atoms with E-state index in [-0.39, 0.29) is 6.04 Å². The minimum absolute atomic E-state index is 0.286. The molecule has 9 nitrogen and oxygen atoms in total. The Morgan fingerprint density at radius 1 is 0.829 bits per heavy atom. The van der Waals surface area contributed by atoms with E-state index in [9.17, 15) is 0 Å². The van der Waals surface area contributed by atoms with Crippen molar-refractivity contribution in [1.29, 1.82) is 0 Å². The number of piperidine rings is 2. The van der Waals surface area contributed by atoms with E-state index >= 15 is 0 Å². The van der Waals surface area contributed by atoms with Gasteiger partial charge in [0.05, 0.1) is 11.4 Å². The van der Waals surface area contributed by atoms with E-state index < -0.39 is 0 Å². The molecule has 2 atom stereocenters. The van der Waals surface area contributed by atoms with Crippen molar-refractivity contribution >= 4 is 16.9 Å². The van der Waals surface area contributed by atoms with E-state index in [2.05, 4.69) is 43.6 Å². The molecule has 0 saturated carbocycles. The van der Waals surface area contributed by atoms with Crippen molar-refractivity contribution in [3.8, 4) is 22.8 Å². The molecule has 9 heteroatoms. The fraction of sp³-hybridized carbons (Fsp3) is 0.469. The maximum atomic E-state index is 6.42. The Kier molecular flexibility index (Phi) is 7.10. The van der Waals surface area contributed by atoms with Crippen LogP contribution in [0.4, 0.5) is 5.82 Å². The second-order valence-electron chi connectivity index (χ2n) is 12.0. The lowest BCUT2D eigenvalue weighted by Crippen LogP contribution is -2.65. The first-order chi connectivity index (χ1) is 20.0. The van der Waals surface area contributed by atoms with Crippen LogP contribution in [0.25, 0.3) is 22.3 Å². The summed E-state index contributed by atoms with van der Waals surface area (Å²) in [6, 6.07) is 20.8. The Bertz CT molecular complexity index is 1470. The summed E-state index contributed by atoms with van der Waals surface area (Å²) < 4.78 is 8.11. The van der Waals surface area contributed by atoms with E-state index in [1.165, 1.54) is 12.8 Å². The van der Waals surface area contributed by atoms with Crippen LogP contribution < -0.4 is 15.8 Å². The maximum absolute atomic E-state index is 6.42. The second-order valence-corrected chi connectivity index (χ2v) is 12.0. The van der Waals surface area contributed by atoms with Crippen LogP contribution in [0.15, 0.2) is 60.9 Å². The molecule has 3 N–H and O–H groups in total. The fourth-order valence-corrected chi connectivity index (χ4v) is 7.32. The van der Waals surface area contributed by atoms with Gasteiger partial charge in [0.25, 0.3) is 0 Å². The molecule has 2 aromatic heterocycles. The van der Waals surface area contributed by atoms with Gasteiger partial charge in [0.1, 0.15) is 29.3 Å². The van der Waals surface area contributed by atoms with Gasteiger partial charge in [-0.25, -0.2) is 14.6 Å². The summed E-state index contributed by atoms with van der Waals surface area (Å²) in [5.74, 6) is 2.05. The molecule has 0 amide bonds. The number of nitrogens with zero attached hydrogens (tertiary/aromatic N) is 6. The molecule has 3 fully saturated rings. The van der Waals surface area contributed by atoms with Crippen LogP contribution in [-0.2, 0) is 0 Å². The molecule has 0 bridgehead atoms. The predicted molar refractivity (Wildman–Crippen MR) is 162 cm³/mol. The lowest BCUT2D eigenvalue weighted by Gasteiger charge is -2.52. The van der Waals surface area contributed by atoms with Crippen molar-refractivity contribution in [2.75, 3.05) is 31.9 Å². The van der Waals surface area contributed by atoms with E-state index in [4.69, 9.17) is 15.6 Å².